The van der Waals surface area contributed by atoms with Crippen molar-refractivity contribution in [2.75, 3.05) is 6.54 Å². The van der Waals surface area contributed by atoms with Gasteiger partial charge in [0.15, 0.2) is 0 Å². The molecule has 0 amide bonds. The second-order valence-electron chi connectivity index (χ2n) is 5.21. The fourth-order valence-electron chi connectivity index (χ4n) is 1.34. The zero-order valence-electron chi connectivity index (χ0n) is 9.58. The van der Waals surface area contributed by atoms with Crippen LogP contribution in [0.4, 0.5) is 0 Å². The summed E-state index contributed by atoms with van der Waals surface area (Å²) < 4.78 is 28.0. The molecule has 90 valence electrons. The molecule has 1 rings (SSSR count). The smallest absolute Gasteiger partial charge is 0.277 e. The predicted octanol–water partition coefficient (Wildman–Crippen LogP) is -0.0538. The molecule has 5 nitrogen and oxygen atoms in total. The monoisotopic (exact) mass is 235 g/mol. The third-order valence-electron chi connectivity index (χ3n) is 2.18. The number of nitrogens with one attached hydrogen (secondary N) is 2. The van der Waals surface area contributed by atoms with E-state index in [2.05, 4.69) is 9.44 Å². The highest BCUT2D eigenvalue weighted by Crippen LogP contribution is 2.31. The van der Waals surface area contributed by atoms with Gasteiger partial charge in [0.25, 0.3) is 10.2 Å². The van der Waals surface area contributed by atoms with Crippen molar-refractivity contribution in [2.24, 2.45) is 11.7 Å². The van der Waals surface area contributed by atoms with E-state index in [-0.39, 0.29) is 6.04 Å². The maximum atomic E-state index is 11.5. The van der Waals surface area contributed by atoms with Gasteiger partial charge in [-0.15, -0.1) is 0 Å². The lowest BCUT2D eigenvalue weighted by molar-refractivity contribution is 0.477. The van der Waals surface area contributed by atoms with E-state index in [1.807, 2.05) is 0 Å². The SMILES string of the molecule is CC(C)(C)NS(=O)(=O)NCC(N)C1CC1. The first-order valence-corrected chi connectivity index (χ1v) is 6.72. The molecule has 1 fully saturated rings. The van der Waals surface area contributed by atoms with E-state index < -0.39 is 15.7 Å². The first-order valence-electron chi connectivity index (χ1n) is 5.24. The molecule has 0 aromatic carbocycles. The van der Waals surface area contributed by atoms with Crippen molar-refractivity contribution in [3.63, 3.8) is 0 Å². The maximum absolute atomic E-state index is 11.5. The second kappa shape index (κ2) is 4.37. The van der Waals surface area contributed by atoms with E-state index in [1.165, 1.54) is 0 Å². The summed E-state index contributed by atoms with van der Waals surface area (Å²) in [5.41, 5.74) is 5.33. The van der Waals surface area contributed by atoms with Crippen molar-refractivity contribution < 1.29 is 8.42 Å². The third kappa shape index (κ3) is 5.46. The molecule has 0 radical (unpaired) electrons. The Hall–Kier alpha value is -0.170. The fourth-order valence-corrected chi connectivity index (χ4v) is 2.63. The molecule has 0 spiro atoms. The molecule has 0 bridgehead atoms. The van der Waals surface area contributed by atoms with E-state index in [0.29, 0.717) is 12.5 Å². The van der Waals surface area contributed by atoms with Gasteiger partial charge >= 0.3 is 0 Å². The van der Waals surface area contributed by atoms with Crippen LogP contribution in [0, 0.1) is 5.92 Å². The van der Waals surface area contributed by atoms with Gasteiger partial charge in [-0.25, -0.2) is 4.72 Å². The molecular formula is C9H21N3O2S. The molecule has 15 heavy (non-hydrogen) atoms. The van der Waals surface area contributed by atoms with Crippen molar-refractivity contribution in [3.05, 3.63) is 0 Å². The average molecular weight is 235 g/mol. The quantitative estimate of drug-likeness (QED) is 0.624. The van der Waals surface area contributed by atoms with E-state index in [1.54, 1.807) is 20.8 Å². The molecular weight excluding hydrogens is 214 g/mol. The van der Waals surface area contributed by atoms with Gasteiger partial charge in [0, 0.05) is 18.1 Å². The fraction of sp³-hybridized carbons (Fsp3) is 1.00. The molecule has 0 aromatic rings. The number of hydrogen-bond donors (Lipinski definition) is 3. The summed E-state index contributed by atoms with van der Waals surface area (Å²) in [5.74, 6) is 0.502. The van der Waals surface area contributed by atoms with E-state index >= 15 is 0 Å². The summed E-state index contributed by atoms with van der Waals surface area (Å²) >= 11 is 0. The van der Waals surface area contributed by atoms with Gasteiger partial charge in [-0.05, 0) is 39.5 Å². The van der Waals surface area contributed by atoms with Crippen LogP contribution in [0.5, 0.6) is 0 Å². The number of hydrogen-bond acceptors (Lipinski definition) is 3. The normalized spacial score (nSPS) is 20.3. The Morgan fingerprint density at radius 1 is 1.40 bits per heavy atom. The summed E-state index contributed by atoms with van der Waals surface area (Å²) in [6.45, 7) is 5.71. The van der Waals surface area contributed by atoms with Crippen LogP contribution in [-0.4, -0.2) is 26.5 Å². The van der Waals surface area contributed by atoms with Gasteiger partial charge in [-0.2, -0.15) is 13.1 Å². The van der Waals surface area contributed by atoms with Gasteiger partial charge in [-0.3, -0.25) is 0 Å². The van der Waals surface area contributed by atoms with Crippen LogP contribution in [0.3, 0.4) is 0 Å². The van der Waals surface area contributed by atoms with Crippen molar-refractivity contribution in [2.45, 2.75) is 45.2 Å². The van der Waals surface area contributed by atoms with Gasteiger partial charge in [0.05, 0.1) is 0 Å². The molecule has 0 saturated heterocycles. The Morgan fingerprint density at radius 2 is 1.93 bits per heavy atom. The molecule has 6 heteroatoms. The highest BCUT2D eigenvalue weighted by molar-refractivity contribution is 7.87. The average Bonchev–Trinajstić information content (AvgIpc) is 2.77. The Balaban J connectivity index is 2.35. The third-order valence-corrected chi connectivity index (χ3v) is 3.60. The second-order valence-corrected chi connectivity index (χ2v) is 6.70. The number of nitrogens with two attached hydrogens (primary N) is 1. The molecule has 1 saturated carbocycles. The molecule has 0 aromatic heterocycles. The summed E-state index contributed by atoms with van der Waals surface area (Å²) in [7, 11) is -3.42. The molecule has 0 heterocycles. The van der Waals surface area contributed by atoms with Crippen LogP contribution >= 0.6 is 0 Å². The topological polar surface area (TPSA) is 84.2 Å². The maximum Gasteiger partial charge on any atom is 0.277 e. The minimum absolute atomic E-state index is 0.0541. The van der Waals surface area contributed by atoms with Crippen molar-refractivity contribution in [3.8, 4) is 0 Å². The van der Waals surface area contributed by atoms with Crippen LogP contribution < -0.4 is 15.2 Å². The minimum Gasteiger partial charge on any atom is -0.326 e. The van der Waals surface area contributed by atoms with Crippen LogP contribution in [-0.2, 0) is 10.2 Å². The van der Waals surface area contributed by atoms with Crippen molar-refractivity contribution in [1.82, 2.24) is 9.44 Å². The van der Waals surface area contributed by atoms with Crippen LogP contribution in [0.2, 0.25) is 0 Å². The summed E-state index contributed by atoms with van der Waals surface area (Å²) in [4.78, 5) is 0. The molecule has 1 aliphatic carbocycles. The lowest BCUT2D eigenvalue weighted by Crippen LogP contribution is -2.49. The molecule has 0 aliphatic heterocycles. The van der Waals surface area contributed by atoms with E-state index in [4.69, 9.17) is 5.73 Å². The first-order chi connectivity index (χ1) is 6.70. The van der Waals surface area contributed by atoms with E-state index in [0.717, 1.165) is 12.8 Å². The van der Waals surface area contributed by atoms with Crippen molar-refractivity contribution in [1.29, 1.82) is 0 Å². The summed E-state index contributed by atoms with van der Waals surface area (Å²) in [6, 6.07) is -0.0541. The lowest BCUT2D eigenvalue weighted by atomic mass is 10.1. The largest absolute Gasteiger partial charge is 0.326 e. The highest BCUT2D eigenvalue weighted by Gasteiger charge is 2.29. The first kappa shape index (κ1) is 12.9. The molecule has 1 atom stereocenters. The Bertz CT molecular complexity index is 304. The lowest BCUT2D eigenvalue weighted by Gasteiger charge is -2.21. The van der Waals surface area contributed by atoms with Gasteiger partial charge in [-0.1, -0.05) is 0 Å². The molecule has 1 unspecified atom stereocenters. The van der Waals surface area contributed by atoms with Crippen LogP contribution in [0.1, 0.15) is 33.6 Å². The van der Waals surface area contributed by atoms with Crippen LogP contribution in [0.15, 0.2) is 0 Å². The van der Waals surface area contributed by atoms with E-state index in [9.17, 15) is 8.42 Å². The minimum atomic E-state index is -3.42. The van der Waals surface area contributed by atoms with Crippen molar-refractivity contribution >= 4 is 10.2 Å². The van der Waals surface area contributed by atoms with Gasteiger partial charge < -0.3 is 5.73 Å². The zero-order valence-corrected chi connectivity index (χ0v) is 10.4. The Labute approximate surface area is 92.0 Å². The predicted molar refractivity (Wildman–Crippen MR) is 60.5 cm³/mol. The summed E-state index contributed by atoms with van der Waals surface area (Å²) in [6.07, 6.45) is 2.24. The zero-order chi connectivity index (χ0) is 11.7. The van der Waals surface area contributed by atoms with Gasteiger partial charge in [0.1, 0.15) is 0 Å². The molecule has 4 N–H and O–H groups in total. The highest BCUT2D eigenvalue weighted by atomic mass is 32.2. The Kier molecular flexibility index (Phi) is 3.76. The Morgan fingerprint density at radius 3 is 2.33 bits per heavy atom. The molecule has 1 aliphatic rings. The standard InChI is InChI=1S/C9H21N3O2S/c1-9(2,3)12-15(13,14)11-6-8(10)7-4-5-7/h7-8,11-12H,4-6,10H2,1-3H3. The van der Waals surface area contributed by atoms with Crippen LogP contribution in [0.25, 0.3) is 0 Å². The number of rotatable bonds is 5. The van der Waals surface area contributed by atoms with Gasteiger partial charge in [0.2, 0.25) is 0 Å². The summed E-state index contributed by atoms with van der Waals surface area (Å²) in [5, 5.41) is 0.